The second kappa shape index (κ2) is 6.81. The van der Waals surface area contributed by atoms with Gasteiger partial charge in [0, 0.05) is 13.1 Å². The molecule has 1 fully saturated rings. The summed E-state index contributed by atoms with van der Waals surface area (Å²) in [7, 11) is 0. The van der Waals surface area contributed by atoms with Crippen molar-refractivity contribution >= 4 is 12.0 Å². The van der Waals surface area contributed by atoms with E-state index in [1.165, 1.54) is 12.1 Å². The second-order valence-electron chi connectivity index (χ2n) is 5.35. The molecule has 1 aliphatic rings. The molecule has 0 aromatic heterocycles. The number of piperidine rings is 1. The van der Waals surface area contributed by atoms with Gasteiger partial charge in [-0.1, -0.05) is 30.9 Å². The van der Waals surface area contributed by atoms with Gasteiger partial charge < -0.3 is 4.90 Å². The van der Waals surface area contributed by atoms with Crippen LogP contribution in [0, 0.1) is 5.92 Å². The minimum Gasteiger partial charge on any atom is -0.339 e. The number of carbonyl (C=O) groups is 1. The van der Waals surface area contributed by atoms with E-state index in [-0.39, 0.29) is 11.8 Å². The van der Waals surface area contributed by atoms with Crippen LogP contribution in [0.1, 0.15) is 24.0 Å². The van der Waals surface area contributed by atoms with Crippen LogP contribution < -0.4 is 0 Å². The SMILES string of the molecule is C=CC(=O)N1CCC(/C=C\c2cccc(C(F)(F)F)c2)CC1. The van der Waals surface area contributed by atoms with Crippen LogP contribution in [0.25, 0.3) is 6.08 Å². The smallest absolute Gasteiger partial charge is 0.339 e. The maximum absolute atomic E-state index is 12.6. The van der Waals surface area contributed by atoms with Gasteiger partial charge in [0.25, 0.3) is 0 Å². The number of nitrogens with zero attached hydrogens (tertiary/aromatic N) is 1. The third-order valence-corrected chi connectivity index (χ3v) is 3.80. The van der Waals surface area contributed by atoms with E-state index in [0.29, 0.717) is 18.7 Å². The number of hydrogen-bond acceptors (Lipinski definition) is 1. The fourth-order valence-electron chi connectivity index (χ4n) is 2.51. The molecule has 0 atom stereocenters. The van der Waals surface area contributed by atoms with Crippen LogP contribution >= 0.6 is 0 Å². The Bertz CT molecular complexity index is 570. The molecule has 0 spiro atoms. The summed E-state index contributed by atoms with van der Waals surface area (Å²) in [6, 6.07) is 5.28. The van der Waals surface area contributed by atoms with E-state index in [1.807, 2.05) is 6.08 Å². The van der Waals surface area contributed by atoms with Crippen LogP contribution in [0.4, 0.5) is 13.2 Å². The summed E-state index contributed by atoms with van der Waals surface area (Å²) in [6.45, 7) is 4.77. The van der Waals surface area contributed by atoms with Gasteiger partial charge in [-0.05, 0) is 42.5 Å². The largest absolute Gasteiger partial charge is 0.416 e. The van der Waals surface area contributed by atoms with E-state index in [1.54, 1.807) is 17.0 Å². The fraction of sp³-hybridized carbons (Fsp3) is 0.353. The minimum atomic E-state index is -4.32. The summed E-state index contributed by atoms with van der Waals surface area (Å²) >= 11 is 0. The summed E-state index contributed by atoms with van der Waals surface area (Å²) in [5.41, 5.74) is -0.0968. The van der Waals surface area contributed by atoms with Crippen molar-refractivity contribution in [3.05, 3.63) is 54.1 Å². The molecule has 118 valence electrons. The molecule has 0 aliphatic carbocycles. The quantitative estimate of drug-likeness (QED) is 0.768. The van der Waals surface area contributed by atoms with Gasteiger partial charge in [-0.3, -0.25) is 4.79 Å². The van der Waals surface area contributed by atoms with Gasteiger partial charge in [0.15, 0.2) is 0 Å². The highest BCUT2D eigenvalue weighted by molar-refractivity contribution is 5.87. The highest BCUT2D eigenvalue weighted by Crippen LogP contribution is 2.30. The lowest BCUT2D eigenvalue weighted by Crippen LogP contribution is -2.36. The van der Waals surface area contributed by atoms with Crippen LogP contribution in [-0.2, 0) is 11.0 Å². The van der Waals surface area contributed by atoms with Crippen molar-refractivity contribution in [3.63, 3.8) is 0 Å². The first-order chi connectivity index (χ1) is 10.4. The monoisotopic (exact) mass is 309 g/mol. The number of carbonyl (C=O) groups excluding carboxylic acids is 1. The summed E-state index contributed by atoms with van der Waals surface area (Å²) < 4.78 is 37.9. The van der Waals surface area contributed by atoms with E-state index in [4.69, 9.17) is 0 Å². The predicted octanol–water partition coefficient (Wildman–Crippen LogP) is 4.14. The molecule has 0 unspecified atom stereocenters. The van der Waals surface area contributed by atoms with E-state index in [9.17, 15) is 18.0 Å². The van der Waals surface area contributed by atoms with Crippen molar-refractivity contribution in [2.75, 3.05) is 13.1 Å². The number of rotatable bonds is 3. The standard InChI is InChI=1S/C17H18F3NO/c1-2-16(22)21-10-8-13(9-11-21)6-7-14-4-3-5-15(12-14)17(18,19)20/h2-7,12-13H,1,8-11H2/b7-6-. The van der Waals surface area contributed by atoms with Gasteiger partial charge in [-0.15, -0.1) is 0 Å². The first kappa shape index (κ1) is 16.3. The van der Waals surface area contributed by atoms with Crippen LogP contribution in [0.15, 0.2) is 43.0 Å². The third-order valence-electron chi connectivity index (χ3n) is 3.80. The normalized spacial score (nSPS) is 17.0. The Morgan fingerprint density at radius 1 is 1.27 bits per heavy atom. The Kier molecular flexibility index (Phi) is 5.06. The molecule has 2 rings (SSSR count). The molecular weight excluding hydrogens is 291 g/mol. The molecule has 1 aliphatic heterocycles. The highest BCUT2D eigenvalue weighted by Gasteiger charge is 2.30. The van der Waals surface area contributed by atoms with Crippen molar-refractivity contribution in [3.8, 4) is 0 Å². The van der Waals surface area contributed by atoms with Gasteiger partial charge in [0.2, 0.25) is 5.91 Å². The zero-order chi connectivity index (χ0) is 16.2. The molecule has 1 aromatic rings. The fourth-order valence-corrected chi connectivity index (χ4v) is 2.51. The summed E-state index contributed by atoms with van der Waals surface area (Å²) in [4.78, 5) is 13.2. The Morgan fingerprint density at radius 2 is 1.95 bits per heavy atom. The first-order valence-electron chi connectivity index (χ1n) is 7.17. The molecular formula is C17H18F3NO. The second-order valence-corrected chi connectivity index (χ2v) is 5.35. The molecule has 0 saturated carbocycles. The molecule has 1 saturated heterocycles. The molecule has 0 radical (unpaired) electrons. The van der Waals surface area contributed by atoms with Crippen molar-refractivity contribution in [1.29, 1.82) is 0 Å². The lowest BCUT2D eigenvalue weighted by molar-refractivity contribution is -0.137. The van der Waals surface area contributed by atoms with E-state index in [0.717, 1.165) is 25.0 Å². The Hall–Kier alpha value is -2.04. The third kappa shape index (κ3) is 4.23. The van der Waals surface area contributed by atoms with Crippen molar-refractivity contribution in [2.24, 2.45) is 5.92 Å². The first-order valence-corrected chi connectivity index (χ1v) is 7.17. The van der Waals surface area contributed by atoms with Crippen LogP contribution in [-0.4, -0.2) is 23.9 Å². The Balaban J connectivity index is 1.96. The van der Waals surface area contributed by atoms with Gasteiger partial charge in [0.1, 0.15) is 0 Å². The average Bonchev–Trinajstić information content (AvgIpc) is 2.52. The maximum atomic E-state index is 12.6. The lowest BCUT2D eigenvalue weighted by Gasteiger charge is -2.29. The van der Waals surface area contributed by atoms with Gasteiger partial charge in [0.05, 0.1) is 5.56 Å². The predicted molar refractivity (Wildman–Crippen MR) is 80.0 cm³/mol. The van der Waals surface area contributed by atoms with Gasteiger partial charge >= 0.3 is 6.18 Å². The molecule has 0 bridgehead atoms. The summed E-state index contributed by atoms with van der Waals surface area (Å²) in [5.74, 6) is 0.212. The summed E-state index contributed by atoms with van der Waals surface area (Å²) in [5, 5.41) is 0. The molecule has 22 heavy (non-hydrogen) atoms. The number of likely N-dealkylation sites (tertiary alicyclic amines) is 1. The maximum Gasteiger partial charge on any atom is 0.416 e. The number of halogens is 3. The minimum absolute atomic E-state index is 0.0692. The topological polar surface area (TPSA) is 20.3 Å². The molecule has 5 heteroatoms. The van der Waals surface area contributed by atoms with Crippen LogP contribution in [0.2, 0.25) is 0 Å². The van der Waals surface area contributed by atoms with E-state index in [2.05, 4.69) is 6.58 Å². The zero-order valence-electron chi connectivity index (χ0n) is 12.1. The summed E-state index contributed by atoms with van der Waals surface area (Å²) in [6.07, 6.45) is 2.28. The number of alkyl halides is 3. The number of allylic oxidation sites excluding steroid dienone is 1. The van der Waals surface area contributed by atoms with Gasteiger partial charge in [-0.25, -0.2) is 0 Å². The molecule has 1 aromatic carbocycles. The Labute approximate surface area is 127 Å². The average molecular weight is 309 g/mol. The Morgan fingerprint density at radius 3 is 2.55 bits per heavy atom. The molecule has 2 nitrogen and oxygen atoms in total. The highest BCUT2D eigenvalue weighted by atomic mass is 19.4. The van der Waals surface area contributed by atoms with Crippen molar-refractivity contribution in [2.45, 2.75) is 19.0 Å². The van der Waals surface area contributed by atoms with Crippen molar-refractivity contribution in [1.82, 2.24) is 4.90 Å². The van der Waals surface area contributed by atoms with E-state index < -0.39 is 11.7 Å². The van der Waals surface area contributed by atoms with Crippen LogP contribution in [0.3, 0.4) is 0 Å². The van der Waals surface area contributed by atoms with Crippen molar-refractivity contribution < 1.29 is 18.0 Å². The van der Waals surface area contributed by atoms with Gasteiger partial charge in [-0.2, -0.15) is 13.2 Å². The zero-order valence-corrected chi connectivity index (χ0v) is 12.1. The van der Waals surface area contributed by atoms with Crippen LogP contribution in [0.5, 0.6) is 0 Å². The number of benzene rings is 1. The molecule has 1 heterocycles. The van der Waals surface area contributed by atoms with E-state index >= 15 is 0 Å². The number of hydrogen-bond donors (Lipinski definition) is 0. The lowest BCUT2D eigenvalue weighted by atomic mass is 9.95. The molecule has 1 amide bonds. The number of amides is 1. The molecule has 0 N–H and O–H groups in total.